The highest BCUT2D eigenvalue weighted by Gasteiger charge is 2.18. The Morgan fingerprint density at radius 3 is 1.41 bits per heavy atom. The van der Waals surface area contributed by atoms with Gasteiger partial charge in [-0.2, -0.15) is 0 Å². The van der Waals surface area contributed by atoms with Crippen LogP contribution in [0.3, 0.4) is 0 Å². The van der Waals surface area contributed by atoms with Gasteiger partial charge in [-0.15, -0.1) is 0 Å². The van der Waals surface area contributed by atoms with E-state index in [1.807, 2.05) is 73.7 Å². The SMILES string of the molecule is C=C(/C=C\C=C/C)n1c(-c2ccc(-c3nc(-c4ccc(-c5ccccc5)cc4)nc(-c4ccc(-c5nc6ccccc6n5-c5ccccc5)cc4)n3)cc2)nc2ccccc21. The van der Waals surface area contributed by atoms with Crippen molar-refractivity contribution >= 4 is 27.8 Å². The molecule has 0 aliphatic heterocycles. The number of allylic oxidation sites excluding steroid dienone is 5. The monoisotopic (exact) mass is 785 g/mol. The Hall–Kier alpha value is -8.29. The maximum Gasteiger partial charge on any atom is 0.164 e. The number of fused-ring (bicyclic) bond motifs is 2. The van der Waals surface area contributed by atoms with Crippen LogP contribution in [-0.2, 0) is 0 Å². The fraction of sp³-hybridized carbons (Fsp3) is 0.0185. The summed E-state index contributed by atoms with van der Waals surface area (Å²) in [6, 6.07) is 62.0. The lowest BCUT2D eigenvalue weighted by atomic mass is 10.0. The smallest absolute Gasteiger partial charge is 0.164 e. The molecule has 0 saturated carbocycles. The summed E-state index contributed by atoms with van der Waals surface area (Å²) in [4.78, 5) is 25.4. The molecule has 0 fully saturated rings. The average molecular weight is 786 g/mol. The van der Waals surface area contributed by atoms with E-state index in [1.54, 1.807) is 0 Å². The number of hydrogen-bond acceptors (Lipinski definition) is 5. The third-order valence-electron chi connectivity index (χ3n) is 10.7. The van der Waals surface area contributed by atoms with Gasteiger partial charge in [0.1, 0.15) is 11.6 Å². The molecule has 61 heavy (non-hydrogen) atoms. The Kier molecular flexibility index (Phi) is 9.81. The Bertz CT molecular complexity index is 3230. The molecule has 3 aromatic heterocycles. The summed E-state index contributed by atoms with van der Waals surface area (Å²) in [5, 5.41) is 0. The van der Waals surface area contributed by atoms with Gasteiger partial charge in [-0.05, 0) is 60.5 Å². The number of hydrogen-bond donors (Lipinski definition) is 0. The zero-order valence-electron chi connectivity index (χ0n) is 33.5. The minimum absolute atomic E-state index is 0.570. The summed E-state index contributed by atoms with van der Waals surface area (Å²) in [6.07, 6.45) is 7.97. The molecule has 3 heterocycles. The van der Waals surface area contributed by atoms with Crippen LogP contribution < -0.4 is 0 Å². The second-order valence-electron chi connectivity index (χ2n) is 14.6. The lowest BCUT2D eigenvalue weighted by molar-refractivity contribution is 1.07. The third kappa shape index (κ3) is 7.26. The lowest BCUT2D eigenvalue weighted by Crippen LogP contribution is -2.01. The Labute approximate surface area is 354 Å². The minimum Gasteiger partial charge on any atom is -0.293 e. The summed E-state index contributed by atoms with van der Waals surface area (Å²) in [6.45, 7) is 6.39. The van der Waals surface area contributed by atoms with Crippen LogP contribution in [0.2, 0.25) is 0 Å². The fourth-order valence-corrected chi connectivity index (χ4v) is 7.66. The molecule has 10 aromatic rings. The highest BCUT2D eigenvalue weighted by atomic mass is 15.1. The van der Waals surface area contributed by atoms with Crippen molar-refractivity contribution in [1.29, 1.82) is 0 Å². The first-order valence-corrected chi connectivity index (χ1v) is 20.2. The van der Waals surface area contributed by atoms with Crippen LogP contribution in [0.25, 0.3) is 102 Å². The molecule has 0 unspecified atom stereocenters. The van der Waals surface area contributed by atoms with Crippen molar-refractivity contribution in [3.8, 4) is 73.8 Å². The summed E-state index contributed by atoms with van der Waals surface area (Å²) >= 11 is 0. The summed E-state index contributed by atoms with van der Waals surface area (Å²) in [5.74, 6) is 3.40. The van der Waals surface area contributed by atoms with Crippen LogP contribution in [0.5, 0.6) is 0 Å². The molecule has 0 amide bonds. The molecule has 7 heteroatoms. The van der Waals surface area contributed by atoms with E-state index in [4.69, 9.17) is 24.9 Å². The van der Waals surface area contributed by atoms with Gasteiger partial charge in [0.25, 0.3) is 0 Å². The molecular formula is C54H39N7. The van der Waals surface area contributed by atoms with Crippen molar-refractivity contribution in [3.05, 3.63) is 213 Å². The van der Waals surface area contributed by atoms with E-state index < -0.39 is 0 Å². The highest BCUT2D eigenvalue weighted by Crippen LogP contribution is 2.33. The summed E-state index contributed by atoms with van der Waals surface area (Å²) in [5.41, 5.74) is 12.6. The highest BCUT2D eigenvalue weighted by molar-refractivity contribution is 5.87. The number of nitrogens with zero attached hydrogens (tertiary/aromatic N) is 7. The van der Waals surface area contributed by atoms with Gasteiger partial charge in [-0.1, -0.05) is 170 Å². The largest absolute Gasteiger partial charge is 0.293 e. The van der Waals surface area contributed by atoms with Gasteiger partial charge < -0.3 is 0 Å². The van der Waals surface area contributed by atoms with Gasteiger partial charge in [-0.25, -0.2) is 24.9 Å². The van der Waals surface area contributed by atoms with E-state index in [-0.39, 0.29) is 0 Å². The number of benzene rings is 7. The number of rotatable bonds is 10. The van der Waals surface area contributed by atoms with E-state index >= 15 is 0 Å². The van der Waals surface area contributed by atoms with Crippen LogP contribution in [-0.4, -0.2) is 34.1 Å². The van der Waals surface area contributed by atoms with E-state index in [0.717, 1.165) is 84.0 Å². The molecule has 0 spiro atoms. The zero-order valence-corrected chi connectivity index (χ0v) is 33.5. The molecule has 0 aliphatic rings. The standard InChI is InChI=1S/C54H39N7/c1-3-4-7-16-37(2)60-48-23-14-12-21-46(48)55-53(60)43-33-29-41(30-34-43)51-57-50(40-27-25-39(26-28-40)38-17-8-5-9-18-38)58-52(59-51)42-31-35-44(36-32-42)54-56-47-22-13-15-24-49(47)61(54)45-19-10-6-11-20-45/h3-36H,2H2,1H3/b4-3-,16-7-. The second kappa shape index (κ2) is 16.2. The summed E-state index contributed by atoms with van der Waals surface area (Å²) < 4.78 is 4.30. The maximum atomic E-state index is 5.10. The van der Waals surface area contributed by atoms with Crippen LogP contribution >= 0.6 is 0 Å². The molecule has 0 aliphatic carbocycles. The summed E-state index contributed by atoms with van der Waals surface area (Å²) in [7, 11) is 0. The lowest BCUT2D eigenvalue weighted by Gasteiger charge is -2.12. The first kappa shape index (κ1) is 37.0. The molecule has 0 N–H and O–H groups in total. The van der Waals surface area contributed by atoms with Crippen molar-refractivity contribution in [2.24, 2.45) is 0 Å². The first-order valence-electron chi connectivity index (χ1n) is 20.2. The predicted molar refractivity (Wildman–Crippen MR) is 250 cm³/mol. The molecule has 10 rings (SSSR count). The topological polar surface area (TPSA) is 74.3 Å². The molecule has 0 bridgehead atoms. The van der Waals surface area contributed by atoms with Crippen molar-refractivity contribution in [2.45, 2.75) is 6.92 Å². The van der Waals surface area contributed by atoms with Crippen molar-refractivity contribution in [1.82, 2.24) is 34.1 Å². The molecule has 7 nitrogen and oxygen atoms in total. The minimum atomic E-state index is 0.570. The van der Waals surface area contributed by atoms with Gasteiger partial charge in [0.05, 0.1) is 22.1 Å². The van der Waals surface area contributed by atoms with Crippen molar-refractivity contribution in [3.63, 3.8) is 0 Å². The molecule has 290 valence electrons. The Morgan fingerprint density at radius 2 is 0.836 bits per heavy atom. The van der Waals surface area contributed by atoms with Gasteiger partial charge in [0.2, 0.25) is 0 Å². The van der Waals surface area contributed by atoms with Crippen LogP contribution in [0.4, 0.5) is 0 Å². The average Bonchev–Trinajstić information content (AvgIpc) is 3.92. The normalized spacial score (nSPS) is 11.6. The van der Waals surface area contributed by atoms with Gasteiger partial charge in [0, 0.05) is 39.2 Å². The van der Waals surface area contributed by atoms with E-state index in [2.05, 4.69) is 155 Å². The molecular weight excluding hydrogens is 747 g/mol. The van der Waals surface area contributed by atoms with Crippen LogP contribution in [0.15, 0.2) is 213 Å². The maximum absolute atomic E-state index is 5.10. The van der Waals surface area contributed by atoms with Crippen LogP contribution in [0, 0.1) is 0 Å². The number of para-hydroxylation sites is 5. The molecule has 0 atom stereocenters. The van der Waals surface area contributed by atoms with E-state index in [0.29, 0.717) is 17.5 Å². The van der Waals surface area contributed by atoms with Crippen molar-refractivity contribution < 1.29 is 0 Å². The zero-order chi connectivity index (χ0) is 41.1. The number of aromatic nitrogens is 7. The molecule has 7 aromatic carbocycles. The predicted octanol–water partition coefficient (Wildman–Crippen LogP) is 13.2. The van der Waals surface area contributed by atoms with Crippen LogP contribution in [0.1, 0.15) is 6.92 Å². The quantitative estimate of drug-likeness (QED) is 0.129. The fourth-order valence-electron chi connectivity index (χ4n) is 7.66. The Morgan fingerprint density at radius 1 is 0.410 bits per heavy atom. The molecule has 0 saturated heterocycles. The second-order valence-corrected chi connectivity index (χ2v) is 14.6. The molecule has 0 radical (unpaired) electrons. The van der Waals surface area contributed by atoms with Gasteiger partial charge >= 0.3 is 0 Å². The van der Waals surface area contributed by atoms with E-state index in [9.17, 15) is 0 Å². The van der Waals surface area contributed by atoms with E-state index in [1.165, 1.54) is 0 Å². The first-order chi connectivity index (χ1) is 30.1. The number of imidazole rings is 2. The third-order valence-corrected chi connectivity index (χ3v) is 10.7. The van der Waals surface area contributed by atoms with Gasteiger partial charge in [-0.3, -0.25) is 9.13 Å². The Balaban J connectivity index is 1.05. The van der Waals surface area contributed by atoms with Gasteiger partial charge in [0.15, 0.2) is 17.5 Å². The van der Waals surface area contributed by atoms with Crippen molar-refractivity contribution in [2.75, 3.05) is 0 Å².